The van der Waals surface area contributed by atoms with Gasteiger partial charge in [0.15, 0.2) is 10.8 Å². The summed E-state index contributed by atoms with van der Waals surface area (Å²) in [4.78, 5) is 59.3. The van der Waals surface area contributed by atoms with Gasteiger partial charge in [-0.25, -0.2) is 14.5 Å². The van der Waals surface area contributed by atoms with E-state index < -0.39 is 35.2 Å². The molecular formula is C20H21N9O7S3. The molecule has 2 aliphatic rings. The number of tetrazole rings is 1. The van der Waals surface area contributed by atoms with Gasteiger partial charge in [0.1, 0.15) is 29.4 Å². The number of carbonyl (C=O) groups excluding carboxylic acids is 2. The predicted octanol–water partition coefficient (Wildman–Crippen LogP) is -0.376. The fourth-order valence-corrected chi connectivity index (χ4v) is 6.49. The van der Waals surface area contributed by atoms with Gasteiger partial charge in [0, 0.05) is 16.9 Å². The van der Waals surface area contributed by atoms with E-state index in [0.717, 1.165) is 28.0 Å². The van der Waals surface area contributed by atoms with Crippen molar-refractivity contribution in [1.29, 1.82) is 0 Å². The van der Waals surface area contributed by atoms with Crippen molar-refractivity contribution < 1.29 is 34.2 Å². The van der Waals surface area contributed by atoms with Crippen molar-refractivity contribution >= 4 is 69.5 Å². The van der Waals surface area contributed by atoms with Gasteiger partial charge in [-0.1, -0.05) is 29.6 Å². The summed E-state index contributed by atoms with van der Waals surface area (Å²) in [5.41, 5.74) is 5.92. The minimum Gasteiger partial charge on any atom is -0.481 e. The molecule has 2 atom stereocenters. The molecule has 1 unspecified atom stereocenters. The van der Waals surface area contributed by atoms with Crippen molar-refractivity contribution in [3.05, 3.63) is 35.0 Å². The fraction of sp³-hybridized carbons (Fsp3) is 0.350. The van der Waals surface area contributed by atoms with Crippen LogP contribution in [-0.4, -0.2) is 99.3 Å². The molecule has 0 spiro atoms. The maximum absolute atomic E-state index is 13.0. The Kier molecular flexibility index (Phi) is 8.82. The molecule has 5 N–H and O–H groups in total. The van der Waals surface area contributed by atoms with E-state index in [2.05, 4.69) is 37.6 Å². The number of nitrogens with two attached hydrogens (primary N) is 1. The molecule has 2 amide bonds. The van der Waals surface area contributed by atoms with E-state index in [0.29, 0.717) is 10.7 Å². The number of nitrogens with one attached hydrogen (secondary N) is 1. The van der Waals surface area contributed by atoms with Gasteiger partial charge >= 0.3 is 11.9 Å². The highest BCUT2D eigenvalue weighted by Crippen LogP contribution is 2.41. The summed E-state index contributed by atoms with van der Waals surface area (Å²) < 4.78 is 1.31. The number of aliphatic carboxylic acids is 2. The fourth-order valence-electron chi connectivity index (χ4n) is 3.55. The number of amides is 2. The molecule has 4 heterocycles. The molecule has 0 bridgehead atoms. The van der Waals surface area contributed by atoms with Crippen LogP contribution in [-0.2, 0) is 30.6 Å². The first-order valence-corrected chi connectivity index (χ1v) is 14.0. The number of carbonyl (C=O) groups is 4. The number of hydrogen-bond acceptors (Lipinski definition) is 14. The number of carboxylic acid groups (broad SMARTS) is 2. The lowest BCUT2D eigenvalue weighted by atomic mass is 10.0. The van der Waals surface area contributed by atoms with Crippen LogP contribution in [0.3, 0.4) is 0 Å². The molecule has 2 aromatic heterocycles. The lowest BCUT2D eigenvalue weighted by molar-refractivity contribution is -0.150. The van der Waals surface area contributed by atoms with Crippen molar-refractivity contribution in [2.45, 2.75) is 29.5 Å². The summed E-state index contributed by atoms with van der Waals surface area (Å²) in [6.45, 7) is 3.60. The number of thioether (sulfide) groups is 2. The molecule has 1 fully saturated rings. The number of aryl methyl sites for hydroxylation is 1. The molecule has 0 saturated carbocycles. The number of hydrogen-bond donors (Lipinski definition) is 4. The van der Waals surface area contributed by atoms with Gasteiger partial charge in [-0.3, -0.25) is 19.3 Å². The summed E-state index contributed by atoms with van der Waals surface area (Å²) in [6.07, 6.45) is 1.25. The molecule has 1 saturated heterocycles. The number of rotatable bonds is 13. The summed E-state index contributed by atoms with van der Waals surface area (Å²) >= 11 is 3.51. The average molecular weight is 596 g/mol. The minimum atomic E-state index is -1.29. The zero-order valence-electron chi connectivity index (χ0n) is 19.9. The zero-order valence-corrected chi connectivity index (χ0v) is 22.4. The molecule has 2 aromatic rings. The molecule has 39 heavy (non-hydrogen) atoms. The number of nitrogen functional groups attached to an aromatic ring is 1. The third-order valence-electron chi connectivity index (χ3n) is 5.28. The van der Waals surface area contributed by atoms with Gasteiger partial charge in [-0.05, 0) is 16.0 Å². The van der Waals surface area contributed by atoms with Crippen LogP contribution in [0.5, 0.6) is 0 Å². The van der Waals surface area contributed by atoms with Crippen LogP contribution >= 0.6 is 34.9 Å². The molecular weight excluding hydrogens is 574 g/mol. The van der Waals surface area contributed by atoms with Crippen LogP contribution < -0.4 is 11.1 Å². The first kappa shape index (κ1) is 28.0. The highest BCUT2D eigenvalue weighted by molar-refractivity contribution is 8.01. The van der Waals surface area contributed by atoms with Gasteiger partial charge < -0.3 is 26.1 Å². The van der Waals surface area contributed by atoms with Crippen LogP contribution in [0, 0.1) is 0 Å². The van der Waals surface area contributed by atoms with Crippen LogP contribution in [0.1, 0.15) is 12.1 Å². The van der Waals surface area contributed by atoms with Crippen molar-refractivity contribution in [3.8, 4) is 0 Å². The van der Waals surface area contributed by atoms with Crippen LogP contribution in [0.15, 0.2) is 39.6 Å². The van der Waals surface area contributed by atoms with E-state index in [1.165, 1.54) is 27.9 Å². The Balaban J connectivity index is 1.47. The largest absolute Gasteiger partial charge is 0.481 e. The molecule has 19 heteroatoms. The van der Waals surface area contributed by atoms with E-state index in [9.17, 15) is 24.3 Å². The molecule has 0 aromatic carbocycles. The SMILES string of the molecule is C=CCO/N=C(\C(=O)NC1C(=O)N2C(C(=O)O)=C(CSc3nnnn3CCC(=O)O)CS[C@H]12)c1csc(N)n1. The Morgan fingerprint density at radius 3 is 2.85 bits per heavy atom. The first-order valence-electron chi connectivity index (χ1n) is 11.0. The monoisotopic (exact) mass is 595 g/mol. The summed E-state index contributed by atoms with van der Waals surface area (Å²) in [6, 6.07) is -1.00. The van der Waals surface area contributed by atoms with E-state index in [-0.39, 0.29) is 53.3 Å². The first-order chi connectivity index (χ1) is 18.7. The Hall–Kier alpha value is -3.97. The lowest BCUT2D eigenvalue weighted by Crippen LogP contribution is -2.71. The van der Waals surface area contributed by atoms with Crippen molar-refractivity contribution in [1.82, 2.24) is 35.4 Å². The van der Waals surface area contributed by atoms with Gasteiger partial charge in [0.05, 0.1) is 13.0 Å². The van der Waals surface area contributed by atoms with E-state index in [1.807, 2.05) is 0 Å². The van der Waals surface area contributed by atoms with Crippen molar-refractivity contribution in [3.63, 3.8) is 0 Å². The Morgan fingerprint density at radius 2 is 2.18 bits per heavy atom. The number of thiazole rings is 1. The van der Waals surface area contributed by atoms with Gasteiger partial charge in [0.2, 0.25) is 5.16 Å². The Morgan fingerprint density at radius 1 is 1.38 bits per heavy atom. The van der Waals surface area contributed by atoms with Crippen LogP contribution in [0.25, 0.3) is 0 Å². The number of fused-ring (bicyclic) bond motifs is 1. The second-order valence-corrected chi connectivity index (χ2v) is 10.8. The standard InChI is InChI=1S/C20H21N9O7S3/c1-2-5-36-25-12(10-8-38-19(21)22-10)15(32)23-13-16(33)29-14(18(34)35)9(6-37-17(13)29)7-39-20-24-26-27-28(20)4-3-11(30)31/h2,8,13,17H,1,3-7H2,(H2,21,22)(H,23,32)(H,30,31)(H,34,35)/b25-12-/t13?,17-/m1/s1. The lowest BCUT2D eigenvalue weighted by Gasteiger charge is -2.49. The van der Waals surface area contributed by atoms with E-state index in [1.54, 1.807) is 0 Å². The molecule has 0 aliphatic carbocycles. The van der Waals surface area contributed by atoms with Crippen LogP contribution in [0.4, 0.5) is 5.13 Å². The van der Waals surface area contributed by atoms with Gasteiger partial charge in [0.25, 0.3) is 11.8 Å². The van der Waals surface area contributed by atoms with E-state index in [4.69, 9.17) is 15.7 Å². The number of oxime groups is 1. The Bertz CT molecular complexity index is 1370. The van der Waals surface area contributed by atoms with Crippen molar-refractivity contribution in [2.75, 3.05) is 23.8 Å². The predicted molar refractivity (Wildman–Crippen MR) is 140 cm³/mol. The van der Waals surface area contributed by atoms with Crippen LogP contribution in [0.2, 0.25) is 0 Å². The molecule has 4 rings (SSSR count). The number of nitrogens with zero attached hydrogens (tertiary/aromatic N) is 7. The maximum atomic E-state index is 13.0. The second-order valence-electron chi connectivity index (χ2n) is 7.83. The molecule has 16 nitrogen and oxygen atoms in total. The third kappa shape index (κ3) is 6.20. The minimum absolute atomic E-state index is 0.0322. The average Bonchev–Trinajstić information content (AvgIpc) is 3.54. The number of carboxylic acids is 2. The molecule has 0 radical (unpaired) electrons. The number of β-lactam (4-membered cyclic amide) rings is 1. The topological polar surface area (TPSA) is 228 Å². The van der Waals surface area contributed by atoms with Gasteiger partial charge in [-0.15, -0.1) is 28.2 Å². The zero-order chi connectivity index (χ0) is 28.1. The smallest absolute Gasteiger partial charge is 0.352 e. The second kappa shape index (κ2) is 12.3. The summed E-state index contributed by atoms with van der Waals surface area (Å²) in [5, 5.41) is 37.7. The Labute approximate surface area is 232 Å². The summed E-state index contributed by atoms with van der Waals surface area (Å²) in [5.74, 6) is -3.23. The number of anilines is 1. The maximum Gasteiger partial charge on any atom is 0.352 e. The highest BCUT2D eigenvalue weighted by Gasteiger charge is 2.54. The summed E-state index contributed by atoms with van der Waals surface area (Å²) in [7, 11) is 0. The van der Waals surface area contributed by atoms with Crippen molar-refractivity contribution in [2.24, 2.45) is 5.16 Å². The normalized spacial score (nSPS) is 18.8. The molecule has 206 valence electrons. The highest BCUT2D eigenvalue weighted by atomic mass is 32.2. The van der Waals surface area contributed by atoms with Gasteiger partial charge in [-0.2, -0.15) is 0 Å². The van der Waals surface area contributed by atoms with E-state index >= 15 is 0 Å². The third-order valence-corrected chi connectivity index (χ3v) is 8.33. The quantitative estimate of drug-likeness (QED) is 0.0578. The number of aromatic nitrogens is 5. The molecule has 2 aliphatic heterocycles.